The van der Waals surface area contributed by atoms with Crippen LogP contribution >= 0.6 is 0 Å². The molecule has 0 fully saturated rings. The maximum atomic E-state index is 13.4. The Bertz CT molecular complexity index is 1070. The number of aromatic nitrogens is 1. The summed E-state index contributed by atoms with van der Waals surface area (Å²) in [6.45, 7) is 2.02. The van der Waals surface area contributed by atoms with Crippen molar-refractivity contribution in [3.63, 3.8) is 0 Å². The lowest BCUT2D eigenvalue weighted by molar-refractivity contribution is 0.627. The molecule has 4 aromatic rings. The van der Waals surface area contributed by atoms with Crippen LogP contribution in [0.3, 0.4) is 0 Å². The summed E-state index contributed by atoms with van der Waals surface area (Å²) in [7, 11) is 0. The average molecular weight is 357 g/mol. The van der Waals surface area contributed by atoms with Crippen LogP contribution in [0.4, 0.5) is 8.78 Å². The number of hydrogen-bond acceptors (Lipinski definition) is 1. The summed E-state index contributed by atoms with van der Waals surface area (Å²) in [6.07, 6.45) is 0. The first-order chi connectivity index (χ1) is 13.1. The number of benzene rings is 3. The summed E-state index contributed by atoms with van der Waals surface area (Å²) in [5.41, 5.74) is 6.34. The summed E-state index contributed by atoms with van der Waals surface area (Å²) in [4.78, 5) is 4.81. The first-order valence-electron chi connectivity index (χ1n) is 8.71. The fourth-order valence-electron chi connectivity index (χ4n) is 3.18. The van der Waals surface area contributed by atoms with Crippen LogP contribution in [0.25, 0.3) is 33.6 Å². The molecule has 0 atom stereocenters. The number of pyridine rings is 1. The van der Waals surface area contributed by atoms with E-state index in [9.17, 15) is 8.78 Å². The molecule has 0 aliphatic carbocycles. The van der Waals surface area contributed by atoms with Crippen molar-refractivity contribution in [2.75, 3.05) is 0 Å². The molecule has 1 heterocycles. The number of hydrogen-bond donors (Lipinski definition) is 0. The normalized spacial score (nSPS) is 10.8. The van der Waals surface area contributed by atoms with Gasteiger partial charge in [-0.1, -0.05) is 30.3 Å². The second-order valence-electron chi connectivity index (χ2n) is 6.41. The summed E-state index contributed by atoms with van der Waals surface area (Å²) < 4.78 is 26.7. The molecule has 0 spiro atoms. The highest BCUT2D eigenvalue weighted by atomic mass is 19.1. The van der Waals surface area contributed by atoms with Gasteiger partial charge in [0.2, 0.25) is 0 Å². The van der Waals surface area contributed by atoms with E-state index >= 15 is 0 Å². The van der Waals surface area contributed by atoms with Crippen LogP contribution in [-0.2, 0) is 0 Å². The second kappa shape index (κ2) is 7.12. The highest BCUT2D eigenvalue weighted by Gasteiger charge is 2.14. The van der Waals surface area contributed by atoms with Gasteiger partial charge < -0.3 is 0 Å². The third-order valence-corrected chi connectivity index (χ3v) is 4.61. The molecule has 0 radical (unpaired) electrons. The molecule has 0 saturated carbocycles. The Labute approximate surface area is 157 Å². The highest BCUT2D eigenvalue weighted by Crippen LogP contribution is 2.34. The smallest absolute Gasteiger partial charge is 0.123 e. The first-order valence-corrected chi connectivity index (χ1v) is 8.71. The third kappa shape index (κ3) is 3.49. The molecule has 1 nitrogen and oxygen atoms in total. The van der Waals surface area contributed by atoms with Crippen molar-refractivity contribution in [3.05, 3.63) is 102 Å². The lowest BCUT2D eigenvalue weighted by Gasteiger charge is -2.15. The third-order valence-electron chi connectivity index (χ3n) is 4.61. The van der Waals surface area contributed by atoms with Gasteiger partial charge in [0.1, 0.15) is 11.6 Å². The van der Waals surface area contributed by atoms with Crippen LogP contribution < -0.4 is 0 Å². The van der Waals surface area contributed by atoms with Gasteiger partial charge in [0, 0.05) is 11.1 Å². The van der Waals surface area contributed by atoms with Crippen molar-refractivity contribution in [1.82, 2.24) is 4.98 Å². The molecule has 0 bridgehead atoms. The fourth-order valence-corrected chi connectivity index (χ4v) is 3.18. The Morgan fingerprint density at radius 2 is 1.19 bits per heavy atom. The van der Waals surface area contributed by atoms with Crippen LogP contribution in [0.2, 0.25) is 0 Å². The minimum absolute atomic E-state index is 0.283. The molecule has 3 heteroatoms. The van der Waals surface area contributed by atoms with Gasteiger partial charge in [-0.05, 0) is 78.2 Å². The van der Waals surface area contributed by atoms with E-state index in [2.05, 4.69) is 0 Å². The van der Waals surface area contributed by atoms with Crippen LogP contribution in [0.1, 0.15) is 5.56 Å². The summed E-state index contributed by atoms with van der Waals surface area (Å²) in [5, 5.41) is 0. The van der Waals surface area contributed by atoms with Gasteiger partial charge in [0.25, 0.3) is 0 Å². The molecule has 0 aliphatic rings. The Morgan fingerprint density at radius 3 is 1.78 bits per heavy atom. The van der Waals surface area contributed by atoms with E-state index < -0.39 is 0 Å². The lowest BCUT2D eigenvalue weighted by atomic mass is 9.94. The largest absolute Gasteiger partial charge is 0.247 e. The predicted molar refractivity (Wildman–Crippen MR) is 105 cm³/mol. The van der Waals surface area contributed by atoms with E-state index in [1.165, 1.54) is 24.3 Å². The van der Waals surface area contributed by atoms with Crippen LogP contribution in [0.15, 0.2) is 84.9 Å². The van der Waals surface area contributed by atoms with Crippen molar-refractivity contribution in [2.24, 2.45) is 0 Å². The van der Waals surface area contributed by atoms with Crippen molar-refractivity contribution in [1.29, 1.82) is 0 Å². The standard InChI is InChI=1S/C24H17F2N/c1-16-22(17-5-3-2-4-6-17)15-23(18-7-11-20(25)12-8-18)27-24(16)19-9-13-21(26)14-10-19/h2-15H,1H3. The highest BCUT2D eigenvalue weighted by molar-refractivity contribution is 5.80. The Kier molecular flexibility index (Phi) is 4.51. The number of nitrogens with zero attached hydrogens (tertiary/aromatic N) is 1. The fraction of sp³-hybridized carbons (Fsp3) is 0.0417. The molecular formula is C24H17F2N. The number of halogens is 2. The molecule has 0 amide bonds. The molecular weight excluding hydrogens is 340 g/mol. The SMILES string of the molecule is Cc1c(-c2ccccc2)cc(-c2ccc(F)cc2)nc1-c1ccc(F)cc1. The second-order valence-corrected chi connectivity index (χ2v) is 6.41. The molecule has 0 unspecified atom stereocenters. The zero-order chi connectivity index (χ0) is 18.8. The Hall–Kier alpha value is -3.33. The molecule has 132 valence electrons. The molecule has 27 heavy (non-hydrogen) atoms. The number of rotatable bonds is 3. The van der Waals surface area contributed by atoms with E-state index in [1.807, 2.05) is 43.3 Å². The molecule has 3 aromatic carbocycles. The van der Waals surface area contributed by atoms with Crippen LogP contribution in [0.5, 0.6) is 0 Å². The molecule has 0 saturated heterocycles. The van der Waals surface area contributed by atoms with E-state index in [1.54, 1.807) is 24.3 Å². The zero-order valence-corrected chi connectivity index (χ0v) is 14.8. The Balaban J connectivity index is 1.96. The van der Waals surface area contributed by atoms with E-state index in [0.29, 0.717) is 0 Å². The zero-order valence-electron chi connectivity index (χ0n) is 14.8. The minimum Gasteiger partial charge on any atom is -0.247 e. The van der Waals surface area contributed by atoms with Gasteiger partial charge in [-0.15, -0.1) is 0 Å². The van der Waals surface area contributed by atoms with Gasteiger partial charge in [-0.25, -0.2) is 13.8 Å². The van der Waals surface area contributed by atoms with E-state index in [4.69, 9.17) is 4.98 Å². The molecule has 4 rings (SSSR count). The Morgan fingerprint density at radius 1 is 0.630 bits per heavy atom. The molecule has 0 aliphatic heterocycles. The summed E-state index contributed by atoms with van der Waals surface area (Å²) in [6, 6.07) is 24.7. The molecule has 1 aromatic heterocycles. The monoisotopic (exact) mass is 357 g/mol. The summed E-state index contributed by atoms with van der Waals surface area (Å²) in [5.74, 6) is -0.567. The van der Waals surface area contributed by atoms with E-state index in [0.717, 1.165) is 39.2 Å². The molecule has 0 N–H and O–H groups in total. The van der Waals surface area contributed by atoms with Crippen LogP contribution in [-0.4, -0.2) is 4.98 Å². The van der Waals surface area contributed by atoms with Gasteiger partial charge in [0.15, 0.2) is 0 Å². The van der Waals surface area contributed by atoms with Crippen molar-refractivity contribution >= 4 is 0 Å². The van der Waals surface area contributed by atoms with Crippen molar-refractivity contribution in [3.8, 4) is 33.6 Å². The van der Waals surface area contributed by atoms with Crippen LogP contribution in [0, 0.1) is 18.6 Å². The topological polar surface area (TPSA) is 12.9 Å². The van der Waals surface area contributed by atoms with Gasteiger partial charge in [-0.2, -0.15) is 0 Å². The first kappa shape index (κ1) is 17.1. The average Bonchev–Trinajstić information content (AvgIpc) is 2.70. The maximum Gasteiger partial charge on any atom is 0.123 e. The van der Waals surface area contributed by atoms with Gasteiger partial charge in [0.05, 0.1) is 11.4 Å². The maximum absolute atomic E-state index is 13.4. The van der Waals surface area contributed by atoms with E-state index in [-0.39, 0.29) is 11.6 Å². The lowest BCUT2D eigenvalue weighted by Crippen LogP contribution is -1.96. The van der Waals surface area contributed by atoms with Crippen molar-refractivity contribution in [2.45, 2.75) is 6.92 Å². The van der Waals surface area contributed by atoms with Gasteiger partial charge in [-0.3, -0.25) is 0 Å². The minimum atomic E-state index is -0.284. The predicted octanol–water partition coefficient (Wildman–Crippen LogP) is 6.67. The van der Waals surface area contributed by atoms with Gasteiger partial charge >= 0.3 is 0 Å². The summed E-state index contributed by atoms with van der Waals surface area (Å²) >= 11 is 0. The van der Waals surface area contributed by atoms with Crippen molar-refractivity contribution < 1.29 is 8.78 Å². The quantitative estimate of drug-likeness (QED) is 0.399.